The summed E-state index contributed by atoms with van der Waals surface area (Å²) in [6.07, 6.45) is 3.47. The molecule has 27 heavy (non-hydrogen) atoms. The van der Waals surface area contributed by atoms with Gasteiger partial charge in [0.15, 0.2) is 0 Å². The van der Waals surface area contributed by atoms with Gasteiger partial charge in [0.2, 0.25) is 11.1 Å². The van der Waals surface area contributed by atoms with E-state index in [2.05, 4.69) is 34.7 Å². The van der Waals surface area contributed by atoms with Crippen LogP contribution in [0.2, 0.25) is 0 Å². The Morgan fingerprint density at radius 2 is 2.04 bits per heavy atom. The van der Waals surface area contributed by atoms with Crippen molar-refractivity contribution in [2.24, 2.45) is 11.8 Å². The highest BCUT2D eigenvalue weighted by Gasteiger charge is 2.30. The van der Waals surface area contributed by atoms with Crippen LogP contribution in [-0.2, 0) is 4.79 Å². The number of nitrogens with one attached hydrogen (secondary N) is 1. The Bertz CT molecular complexity index is 764. The summed E-state index contributed by atoms with van der Waals surface area (Å²) in [6.45, 7) is 6.39. The van der Waals surface area contributed by atoms with Gasteiger partial charge in [-0.3, -0.25) is 4.79 Å². The van der Waals surface area contributed by atoms with E-state index in [1.807, 2.05) is 31.2 Å². The fourth-order valence-electron chi connectivity index (χ4n) is 3.44. The first kappa shape index (κ1) is 19.7. The number of carbonyl (C=O) groups excluding carboxylic acids is 1. The van der Waals surface area contributed by atoms with Crippen molar-refractivity contribution in [1.82, 2.24) is 25.5 Å². The van der Waals surface area contributed by atoms with E-state index in [9.17, 15) is 4.79 Å². The lowest BCUT2D eigenvalue weighted by Gasteiger charge is -2.35. The summed E-state index contributed by atoms with van der Waals surface area (Å²) in [7, 11) is 1.63. The number of tetrazole rings is 1. The number of carbonyl (C=O) groups is 1. The number of hydrogen-bond acceptors (Lipinski definition) is 6. The van der Waals surface area contributed by atoms with Crippen molar-refractivity contribution in [3.8, 4) is 11.4 Å². The second-order valence-corrected chi connectivity index (χ2v) is 8.52. The van der Waals surface area contributed by atoms with Crippen LogP contribution in [0.4, 0.5) is 0 Å². The summed E-state index contributed by atoms with van der Waals surface area (Å²) in [5.74, 6) is 1.96. The van der Waals surface area contributed by atoms with Gasteiger partial charge in [0.1, 0.15) is 5.75 Å². The molecule has 4 atom stereocenters. The third-order valence-electron chi connectivity index (χ3n) is 5.44. The van der Waals surface area contributed by atoms with Gasteiger partial charge in [-0.2, -0.15) is 4.68 Å². The van der Waals surface area contributed by atoms with Gasteiger partial charge < -0.3 is 10.1 Å². The van der Waals surface area contributed by atoms with Crippen molar-refractivity contribution in [1.29, 1.82) is 0 Å². The quantitative estimate of drug-likeness (QED) is 0.765. The van der Waals surface area contributed by atoms with Crippen molar-refractivity contribution in [2.45, 2.75) is 56.5 Å². The highest BCUT2D eigenvalue weighted by atomic mass is 32.2. The molecule has 3 rings (SSSR count). The molecule has 0 unspecified atom stereocenters. The maximum Gasteiger partial charge on any atom is 0.233 e. The SMILES string of the molecule is COc1ccc(-n2nnnc2S[C@H](C)C(=O)N[C@H]2CCC[C@@H](C)[C@H]2C)cc1. The van der Waals surface area contributed by atoms with E-state index in [1.54, 1.807) is 11.8 Å². The monoisotopic (exact) mass is 389 g/mol. The predicted molar refractivity (Wildman–Crippen MR) is 105 cm³/mol. The first-order valence-corrected chi connectivity index (χ1v) is 10.3. The lowest BCUT2D eigenvalue weighted by Crippen LogP contribution is -2.46. The van der Waals surface area contributed by atoms with Crippen LogP contribution in [0.15, 0.2) is 29.4 Å². The smallest absolute Gasteiger partial charge is 0.233 e. The molecular weight excluding hydrogens is 362 g/mol. The third kappa shape index (κ3) is 4.61. The van der Waals surface area contributed by atoms with Gasteiger partial charge in [-0.05, 0) is 59.9 Å². The molecule has 0 spiro atoms. The Morgan fingerprint density at radius 3 is 2.74 bits per heavy atom. The molecule has 2 aromatic rings. The molecule has 8 heteroatoms. The molecule has 1 heterocycles. The summed E-state index contributed by atoms with van der Waals surface area (Å²) in [4.78, 5) is 12.7. The van der Waals surface area contributed by atoms with Gasteiger partial charge in [0.25, 0.3) is 0 Å². The van der Waals surface area contributed by atoms with Crippen LogP contribution in [0.25, 0.3) is 5.69 Å². The van der Waals surface area contributed by atoms with Crippen LogP contribution in [0.5, 0.6) is 5.75 Å². The molecular formula is C19H27N5O2S. The first-order valence-electron chi connectivity index (χ1n) is 9.39. The Hall–Kier alpha value is -2.09. The standard InChI is InChI=1S/C19H27N5O2S/c1-12-6-5-7-17(13(12)2)20-18(25)14(3)27-19-21-22-23-24(19)15-8-10-16(26-4)11-9-15/h8-14,17H,5-7H2,1-4H3,(H,20,25)/t12-,13-,14-,17+/m1/s1. The summed E-state index contributed by atoms with van der Waals surface area (Å²) in [5, 5.41) is 15.5. The summed E-state index contributed by atoms with van der Waals surface area (Å²) in [6, 6.07) is 7.73. The average molecular weight is 390 g/mol. The topological polar surface area (TPSA) is 81.9 Å². The Balaban J connectivity index is 1.65. The van der Waals surface area contributed by atoms with Crippen molar-refractivity contribution >= 4 is 17.7 Å². The minimum Gasteiger partial charge on any atom is -0.497 e. The van der Waals surface area contributed by atoms with E-state index in [4.69, 9.17) is 4.74 Å². The maximum absolute atomic E-state index is 12.7. The van der Waals surface area contributed by atoms with Gasteiger partial charge in [-0.1, -0.05) is 38.5 Å². The van der Waals surface area contributed by atoms with E-state index in [0.717, 1.165) is 17.9 Å². The Kier molecular flexibility index (Phi) is 6.36. The number of rotatable bonds is 6. The lowest BCUT2D eigenvalue weighted by atomic mass is 9.78. The van der Waals surface area contributed by atoms with E-state index in [-0.39, 0.29) is 17.2 Å². The zero-order chi connectivity index (χ0) is 19.4. The molecule has 0 radical (unpaired) electrons. The Labute approximate surface area is 164 Å². The van der Waals surface area contributed by atoms with E-state index >= 15 is 0 Å². The molecule has 1 amide bonds. The van der Waals surface area contributed by atoms with Crippen LogP contribution >= 0.6 is 11.8 Å². The lowest BCUT2D eigenvalue weighted by molar-refractivity contribution is -0.121. The predicted octanol–water partition coefficient (Wildman–Crippen LogP) is 3.09. The average Bonchev–Trinajstić information content (AvgIpc) is 3.13. The molecule has 1 N–H and O–H groups in total. The molecule has 1 aliphatic carbocycles. The first-order chi connectivity index (χ1) is 13.0. The van der Waals surface area contributed by atoms with Crippen LogP contribution in [-0.4, -0.2) is 44.5 Å². The van der Waals surface area contributed by atoms with E-state index < -0.39 is 0 Å². The molecule has 7 nitrogen and oxygen atoms in total. The molecule has 1 aromatic carbocycles. The van der Waals surface area contributed by atoms with E-state index in [0.29, 0.717) is 17.0 Å². The minimum absolute atomic E-state index is 0.0373. The largest absolute Gasteiger partial charge is 0.497 e. The number of aromatic nitrogens is 4. The van der Waals surface area contributed by atoms with E-state index in [1.165, 1.54) is 24.6 Å². The minimum atomic E-state index is -0.280. The fraction of sp³-hybridized carbons (Fsp3) is 0.579. The number of amides is 1. The second-order valence-electron chi connectivity index (χ2n) is 7.21. The number of nitrogens with zero attached hydrogens (tertiary/aromatic N) is 4. The molecule has 0 aliphatic heterocycles. The summed E-state index contributed by atoms with van der Waals surface area (Å²) >= 11 is 1.36. The normalized spacial score (nSPS) is 23.6. The Morgan fingerprint density at radius 1 is 1.30 bits per heavy atom. The van der Waals surface area contributed by atoms with Gasteiger partial charge in [-0.15, -0.1) is 5.10 Å². The molecule has 1 aliphatic rings. The third-order valence-corrected chi connectivity index (χ3v) is 6.48. The number of thioether (sulfide) groups is 1. The summed E-state index contributed by atoms with van der Waals surface area (Å²) < 4.78 is 6.82. The van der Waals surface area contributed by atoms with Crippen LogP contribution in [0.1, 0.15) is 40.0 Å². The molecule has 0 bridgehead atoms. The molecule has 1 fully saturated rings. The van der Waals surface area contributed by atoms with Gasteiger partial charge in [-0.25, -0.2) is 0 Å². The van der Waals surface area contributed by atoms with Crippen molar-refractivity contribution < 1.29 is 9.53 Å². The number of ether oxygens (including phenoxy) is 1. The second kappa shape index (κ2) is 8.73. The molecule has 1 saturated carbocycles. The molecule has 146 valence electrons. The molecule has 1 aromatic heterocycles. The maximum atomic E-state index is 12.7. The number of methoxy groups -OCH3 is 1. The summed E-state index contributed by atoms with van der Waals surface area (Å²) in [5.41, 5.74) is 0.825. The van der Waals surface area contributed by atoms with Crippen molar-refractivity contribution in [3.63, 3.8) is 0 Å². The highest BCUT2D eigenvalue weighted by Crippen LogP contribution is 2.30. The fourth-order valence-corrected chi connectivity index (χ4v) is 4.25. The number of hydrogen-bond donors (Lipinski definition) is 1. The molecule has 0 saturated heterocycles. The van der Waals surface area contributed by atoms with Crippen molar-refractivity contribution in [3.05, 3.63) is 24.3 Å². The van der Waals surface area contributed by atoms with Gasteiger partial charge in [0, 0.05) is 6.04 Å². The van der Waals surface area contributed by atoms with Crippen molar-refractivity contribution in [2.75, 3.05) is 7.11 Å². The van der Waals surface area contributed by atoms with Crippen LogP contribution in [0, 0.1) is 11.8 Å². The van der Waals surface area contributed by atoms with Crippen LogP contribution < -0.4 is 10.1 Å². The van der Waals surface area contributed by atoms with Gasteiger partial charge in [0.05, 0.1) is 18.0 Å². The highest BCUT2D eigenvalue weighted by molar-refractivity contribution is 8.00. The zero-order valence-corrected chi connectivity index (χ0v) is 17.1. The number of benzene rings is 1. The zero-order valence-electron chi connectivity index (χ0n) is 16.3. The van der Waals surface area contributed by atoms with Crippen LogP contribution in [0.3, 0.4) is 0 Å². The van der Waals surface area contributed by atoms with Gasteiger partial charge >= 0.3 is 0 Å².